The van der Waals surface area contributed by atoms with E-state index in [0.29, 0.717) is 29.2 Å². The number of aromatic amines is 1. The smallest absolute Gasteiger partial charge is 0.340 e. The average molecular weight is 315 g/mol. The minimum atomic E-state index is -0.397. The minimum absolute atomic E-state index is 0.305. The Bertz CT molecular complexity index is 735. The lowest BCUT2D eigenvalue weighted by Crippen LogP contribution is -2.20. The first-order chi connectivity index (χ1) is 10.9. The zero-order chi connectivity index (χ0) is 17.0. The van der Waals surface area contributed by atoms with Crippen molar-refractivity contribution in [3.8, 4) is 0 Å². The number of H-pyrrole nitrogens is 1. The second-order valence-corrected chi connectivity index (χ2v) is 5.24. The fourth-order valence-corrected chi connectivity index (χ4v) is 2.36. The lowest BCUT2D eigenvalue weighted by Gasteiger charge is -2.09. The molecule has 0 spiro atoms. The predicted octanol–water partition coefficient (Wildman–Crippen LogP) is 3.76. The molecule has 2 amide bonds. The van der Waals surface area contributed by atoms with Crippen molar-refractivity contribution in [2.45, 2.75) is 27.7 Å². The van der Waals surface area contributed by atoms with E-state index in [9.17, 15) is 9.59 Å². The van der Waals surface area contributed by atoms with Gasteiger partial charge in [-0.15, -0.1) is 0 Å². The van der Waals surface area contributed by atoms with Crippen LogP contribution in [0.5, 0.6) is 0 Å². The molecule has 0 aliphatic heterocycles. The Labute approximate surface area is 135 Å². The standard InChI is InChI=1S/C17H21N3O3/c1-5-23-16(21)14-11(3)15(18-12(14)4)20-17(22)19-13-9-7-6-8-10(13)2/h6-9,18H,5H2,1-4H3,(H2,19,20,22). The number of para-hydroxylation sites is 1. The highest BCUT2D eigenvalue weighted by atomic mass is 16.5. The van der Waals surface area contributed by atoms with Crippen LogP contribution >= 0.6 is 0 Å². The summed E-state index contributed by atoms with van der Waals surface area (Å²) in [5.41, 5.74) is 3.47. The number of nitrogens with one attached hydrogen (secondary N) is 3. The summed E-state index contributed by atoms with van der Waals surface area (Å²) in [5, 5.41) is 5.51. The molecule has 1 aromatic heterocycles. The van der Waals surface area contributed by atoms with Gasteiger partial charge >= 0.3 is 12.0 Å². The maximum Gasteiger partial charge on any atom is 0.340 e. The second kappa shape index (κ2) is 7.00. The number of ether oxygens (including phenoxy) is 1. The molecule has 1 aromatic carbocycles. The van der Waals surface area contributed by atoms with E-state index in [0.717, 1.165) is 11.3 Å². The molecule has 2 rings (SSSR count). The Morgan fingerprint density at radius 1 is 1.13 bits per heavy atom. The number of rotatable bonds is 4. The highest BCUT2D eigenvalue weighted by Gasteiger charge is 2.20. The van der Waals surface area contributed by atoms with Crippen molar-refractivity contribution in [1.29, 1.82) is 0 Å². The molecule has 122 valence electrons. The zero-order valence-electron chi connectivity index (χ0n) is 13.7. The van der Waals surface area contributed by atoms with E-state index in [1.807, 2.05) is 31.2 Å². The molecule has 0 unspecified atom stereocenters. The predicted molar refractivity (Wildman–Crippen MR) is 90.0 cm³/mol. The highest BCUT2D eigenvalue weighted by Crippen LogP contribution is 2.23. The summed E-state index contributed by atoms with van der Waals surface area (Å²) in [5.74, 6) is 0.0859. The first kappa shape index (κ1) is 16.6. The summed E-state index contributed by atoms with van der Waals surface area (Å²) in [6.07, 6.45) is 0. The van der Waals surface area contributed by atoms with Gasteiger partial charge in [0.1, 0.15) is 5.82 Å². The van der Waals surface area contributed by atoms with E-state index in [1.54, 1.807) is 20.8 Å². The zero-order valence-corrected chi connectivity index (χ0v) is 13.7. The molecule has 23 heavy (non-hydrogen) atoms. The van der Waals surface area contributed by atoms with Crippen LogP contribution in [-0.2, 0) is 4.74 Å². The summed E-state index contributed by atoms with van der Waals surface area (Å²) in [7, 11) is 0. The van der Waals surface area contributed by atoms with Crippen molar-refractivity contribution in [2.24, 2.45) is 0 Å². The molecule has 2 aromatic rings. The number of anilines is 2. The van der Waals surface area contributed by atoms with Crippen LogP contribution in [0, 0.1) is 20.8 Å². The Balaban J connectivity index is 2.14. The largest absolute Gasteiger partial charge is 0.462 e. The van der Waals surface area contributed by atoms with Crippen LogP contribution in [-0.4, -0.2) is 23.6 Å². The van der Waals surface area contributed by atoms with Crippen molar-refractivity contribution >= 4 is 23.5 Å². The number of carbonyl (C=O) groups excluding carboxylic acids is 2. The molecular weight excluding hydrogens is 294 g/mol. The number of urea groups is 1. The van der Waals surface area contributed by atoms with E-state index in [4.69, 9.17) is 4.74 Å². The van der Waals surface area contributed by atoms with Gasteiger partial charge in [0.05, 0.1) is 12.2 Å². The Morgan fingerprint density at radius 2 is 1.83 bits per heavy atom. The lowest BCUT2D eigenvalue weighted by atomic mass is 10.1. The maximum absolute atomic E-state index is 12.1. The molecule has 0 radical (unpaired) electrons. The molecule has 0 saturated heterocycles. The van der Waals surface area contributed by atoms with Gasteiger partial charge in [-0.25, -0.2) is 9.59 Å². The van der Waals surface area contributed by atoms with Crippen LogP contribution in [0.15, 0.2) is 24.3 Å². The number of aryl methyl sites for hydroxylation is 2. The van der Waals surface area contributed by atoms with Crippen LogP contribution in [0.25, 0.3) is 0 Å². The van der Waals surface area contributed by atoms with Crippen molar-refractivity contribution < 1.29 is 14.3 Å². The second-order valence-electron chi connectivity index (χ2n) is 5.24. The van der Waals surface area contributed by atoms with E-state index < -0.39 is 5.97 Å². The normalized spacial score (nSPS) is 10.3. The molecule has 6 heteroatoms. The van der Waals surface area contributed by atoms with Crippen LogP contribution in [0.1, 0.15) is 34.1 Å². The first-order valence-corrected chi connectivity index (χ1v) is 7.44. The monoisotopic (exact) mass is 315 g/mol. The summed E-state index contributed by atoms with van der Waals surface area (Å²) in [6, 6.07) is 7.12. The number of esters is 1. The molecule has 6 nitrogen and oxygen atoms in total. The number of hydrogen-bond acceptors (Lipinski definition) is 3. The highest BCUT2D eigenvalue weighted by molar-refractivity contribution is 6.02. The number of hydrogen-bond donors (Lipinski definition) is 3. The molecule has 3 N–H and O–H groups in total. The van der Waals surface area contributed by atoms with E-state index in [-0.39, 0.29) is 6.03 Å². The number of aromatic nitrogens is 1. The molecule has 0 fully saturated rings. The van der Waals surface area contributed by atoms with Gasteiger partial charge in [0.15, 0.2) is 0 Å². The third-order valence-corrected chi connectivity index (χ3v) is 3.55. The Kier molecular flexibility index (Phi) is 5.05. The topological polar surface area (TPSA) is 83.2 Å². The average Bonchev–Trinajstić information content (AvgIpc) is 2.76. The van der Waals surface area contributed by atoms with E-state index in [1.165, 1.54) is 0 Å². The van der Waals surface area contributed by atoms with Gasteiger partial charge in [0.25, 0.3) is 0 Å². The Hall–Kier alpha value is -2.76. The third-order valence-electron chi connectivity index (χ3n) is 3.55. The number of carbonyl (C=O) groups is 2. The van der Waals surface area contributed by atoms with Crippen molar-refractivity contribution in [1.82, 2.24) is 4.98 Å². The lowest BCUT2D eigenvalue weighted by molar-refractivity contribution is 0.0525. The fourth-order valence-electron chi connectivity index (χ4n) is 2.36. The van der Waals surface area contributed by atoms with Crippen LogP contribution in [0.2, 0.25) is 0 Å². The van der Waals surface area contributed by atoms with E-state index in [2.05, 4.69) is 15.6 Å². The van der Waals surface area contributed by atoms with Gasteiger partial charge < -0.3 is 15.0 Å². The van der Waals surface area contributed by atoms with Gasteiger partial charge in [-0.2, -0.15) is 0 Å². The SMILES string of the molecule is CCOC(=O)c1c(C)[nH]c(NC(=O)Nc2ccccc2C)c1C. The molecule has 0 aliphatic carbocycles. The van der Waals surface area contributed by atoms with Gasteiger partial charge in [0.2, 0.25) is 0 Å². The number of amides is 2. The summed E-state index contributed by atoms with van der Waals surface area (Å²) >= 11 is 0. The van der Waals surface area contributed by atoms with Gasteiger partial charge in [-0.3, -0.25) is 5.32 Å². The van der Waals surface area contributed by atoms with Crippen LogP contribution < -0.4 is 10.6 Å². The van der Waals surface area contributed by atoms with Gasteiger partial charge in [-0.1, -0.05) is 18.2 Å². The fraction of sp³-hybridized carbons (Fsp3) is 0.294. The van der Waals surface area contributed by atoms with Crippen molar-refractivity contribution in [2.75, 3.05) is 17.2 Å². The summed E-state index contributed by atoms with van der Waals surface area (Å²) in [6.45, 7) is 7.50. The molecule has 0 aliphatic rings. The molecule has 1 heterocycles. The molecule has 0 saturated carbocycles. The maximum atomic E-state index is 12.1. The quantitative estimate of drug-likeness (QED) is 0.751. The minimum Gasteiger partial charge on any atom is -0.462 e. The Morgan fingerprint density at radius 3 is 2.48 bits per heavy atom. The van der Waals surface area contributed by atoms with E-state index >= 15 is 0 Å². The third kappa shape index (κ3) is 3.71. The van der Waals surface area contributed by atoms with Crippen LogP contribution in [0.4, 0.5) is 16.3 Å². The van der Waals surface area contributed by atoms with Crippen molar-refractivity contribution in [3.63, 3.8) is 0 Å². The van der Waals surface area contributed by atoms with Gasteiger partial charge in [-0.05, 0) is 39.3 Å². The van der Waals surface area contributed by atoms with Gasteiger partial charge in [0, 0.05) is 16.9 Å². The molecule has 0 atom stereocenters. The summed E-state index contributed by atoms with van der Waals surface area (Å²) < 4.78 is 5.03. The summed E-state index contributed by atoms with van der Waals surface area (Å²) in [4.78, 5) is 27.1. The first-order valence-electron chi connectivity index (χ1n) is 7.44. The number of benzene rings is 1. The van der Waals surface area contributed by atoms with Crippen LogP contribution in [0.3, 0.4) is 0 Å². The molecule has 0 bridgehead atoms. The molecular formula is C17H21N3O3. The van der Waals surface area contributed by atoms with Crippen molar-refractivity contribution in [3.05, 3.63) is 46.6 Å².